The summed E-state index contributed by atoms with van der Waals surface area (Å²) < 4.78 is 0. The Kier molecular flexibility index (Phi) is 4.90. The first kappa shape index (κ1) is 12.0. The molecule has 0 fully saturated rings. The summed E-state index contributed by atoms with van der Waals surface area (Å²) in [5.41, 5.74) is 1.47. The molecule has 0 amide bonds. The van der Waals surface area contributed by atoms with Gasteiger partial charge in [-0.15, -0.1) is 11.3 Å². The van der Waals surface area contributed by atoms with Crippen molar-refractivity contribution >= 4 is 33.3 Å². The molecule has 0 aromatic carbocycles. The van der Waals surface area contributed by atoms with Crippen molar-refractivity contribution in [1.82, 2.24) is 0 Å². The summed E-state index contributed by atoms with van der Waals surface area (Å²) in [4.78, 5) is 2.85. The van der Waals surface area contributed by atoms with Gasteiger partial charge in [0.05, 0.1) is 0 Å². The summed E-state index contributed by atoms with van der Waals surface area (Å²) in [6, 6.07) is 4.44. The number of alkyl halides is 1. The van der Waals surface area contributed by atoms with Crippen LogP contribution in [0.15, 0.2) is 17.7 Å². The summed E-state index contributed by atoms with van der Waals surface area (Å²) in [6.07, 6.45) is 3.45. The molecule has 0 aliphatic carbocycles. The van der Waals surface area contributed by atoms with Crippen molar-refractivity contribution in [2.45, 2.75) is 27.2 Å². The van der Waals surface area contributed by atoms with Crippen LogP contribution >= 0.6 is 27.3 Å². The van der Waals surface area contributed by atoms with Crippen molar-refractivity contribution in [2.24, 2.45) is 5.92 Å². The first-order valence-corrected chi connectivity index (χ1v) is 6.96. The summed E-state index contributed by atoms with van der Waals surface area (Å²) in [7, 11) is 0. The molecule has 0 aliphatic heterocycles. The summed E-state index contributed by atoms with van der Waals surface area (Å²) in [5, 5.41) is 0.976. The SMILES string of the molecule is CCc1ccc(C=C(CBr)C(C)C)s1. The molecule has 78 valence electrons. The first-order valence-electron chi connectivity index (χ1n) is 5.02. The zero-order valence-electron chi connectivity index (χ0n) is 9.01. The average Bonchev–Trinajstić information content (AvgIpc) is 2.61. The van der Waals surface area contributed by atoms with Crippen molar-refractivity contribution in [3.05, 3.63) is 27.5 Å². The lowest BCUT2D eigenvalue weighted by molar-refractivity contribution is 0.781. The van der Waals surface area contributed by atoms with E-state index in [1.165, 1.54) is 15.3 Å². The molecule has 1 heterocycles. The van der Waals surface area contributed by atoms with Crippen molar-refractivity contribution < 1.29 is 0 Å². The van der Waals surface area contributed by atoms with Crippen LogP contribution in [0, 0.1) is 5.92 Å². The number of allylic oxidation sites excluding steroid dienone is 1. The van der Waals surface area contributed by atoms with Crippen LogP contribution in [0.4, 0.5) is 0 Å². The van der Waals surface area contributed by atoms with Gasteiger partial charge in [-0.05, 0) is 30.5 Å². The number of halogens is 1. The van der Waals surface area contributed by atoms with Gasteiger partial charge in [0, 0.05) is 15.1 Å². The summed E-state index contributed by atoms with van der Waals surface area (Å²) in [5.74, 6) is 0.626. The van der Waals surface area contributed by atoms with Crippen LogP contribution < -0.4 is 0 Å². The van der Waals surface area contributed by atoms with Gasteiger partial charge in [0.25, 0.3) is 0 Å². The van der Waals surface area contributed by atoms with Gasteiger partial charge in [-0.2, -0.15) is 0 Å². The number of thiophene rings is 1. The van der Waals surface area contributed by atoms with E-state index < -0.39 is 0 Å². The molecule has 14 heavy (non-hydrogen) atoms. The fourth-order valence-electron chi connectivity index (χ4n) is 1.20. The molecule has 0 nitrogen and oxygen atoms in total. The van der Waals surface area contributed by atoms with E-state index in [-0.39, 0.29) is 0 Å². The maximum Gasteiger partial charge on any atom is 0.0273 e. The predicted octanol–water partition coefficient (Wildman–Crippen LogP) is 4.74. The molecule has 0 N–H and O–H groups in total. The molecule has 1 rings (SSSR count). The number of hydrogen-bond acceptors (Lipinski definition) is 1. The molecule has 0 aliphatic rings. The summed E-state index contributed by atoms with van der Waals surface area (Å²) >= 11 is 5.43. The highest BCUT2D eigenvalue weighted by Crippen LogP contribution is 2.23. The fourth-order valence-corrected chi connectivity index (χ4v) is 2.94. The second kappa shape index (κ2) is 5.72. The lowest BCUT2D eigenvalue weighted by atomic mass is 10.1. The maximum atomic E-state index is 3.53. The molecule has 0 spiro atoms. The van der Waals surface area contributed by atoms with Crippen LogP contribution in [0.5, 0.6) is 0 Å². The topological polar surface area (TPSA) is 0 Å². The van der Waals surface area contributed by atoms with Crippen molar-refractivity contribution in [3.63, 3.8) is 0 Å². The minimum absolute atomic E-state index is 0.626. The van der Waals surface area contributed by atoms with Crippen LogP contribution in [0.25, 0.3) is 6.08 Å². The Bertz CT molecular complexity index is 310. The lowest BCUT2D eigenvalue weighted by Crippen LogP contribution is -1.93. The molecule has 1 aromatic rings. The Morgan fingerprint density at radius 1 is 1.50 bits per heavy atom. The van der Waals surface area contributed by atoms with Crippen molar-refractivity contribution in [3.8, 4) is 0 Å². The molecule has 0 radical (unpaired) electrons. The Morgan fingerprint density at radius 2 is 2.21 bits per heavy atom. The fraction of sp³-hybridized carbons (Fsp3) is 0.500. The second-order valence-electron chi connectivity index (χ2n) is 3.67. The van der Waals surface area contributed by atoms with Crippen molar-refractivity contribution in [2.75, 3.05) is 5.33 Å². The van der Waals surface area contributed by atoms with E-state index in [9.17, 15) is 0 Å². The highest BCUT2D eigenvalue weighted by atomic mass is 79.9. The third-order valence-electron chi connectivity index (χ3n) is 2.25. The van der Waals surface area contributed by atoms with Crippen LogP contribution in [-0.4, -0.2) is 5.33 Å². The minimum Gasteiger partial charge on any atom is -0.141 e. The monoisotopic (exact) mass is 272 g/mol. The molecular formula is C12H17BrS. The molecule has 0 saturated carbocycles. The third-order valence-corrected chi connectivity index (χ3v) is 4.08. The van der Waals surface area contributed by atoms with Crippen LogP contribution in [0.1, 0.15) is 30.5 Å². The van der Waals surface area contributed by atoms with E-state index in [0.29, 0.717) is 5.92 Å². The minimum atomic E-state index is 0.626. The molecule has 0 atom stereocenters. The molecular weight excluding hydrogens is 256 g/mol. The molecule has 0 saturated heterocycles. The Balaban J connectivity index is 2.83. The first-order chi connectivity index (χ1) is 6.67. The van der Waals surface area contributed by atoms with Gasteiger partial charge in [-0.1, -0.05) is 42.3 Å². The van der Waals surface area contributed by atoms with E-state index in [2.05, 4.69) is 54.9 Å². The van der Waals surface area contributed by atoms with E-state index in [1.807, 2.05) is 11.3 Å². The molecule has 0 bridgehead atoms. The highest BCUT2D eigenvalue weighted by molar-refractivity contribution is 9.09. The zero-order valence-corrected chi connectivity index (χ0v) is 11.4. The number of hydrogen-bond donors (Lipinski definition) is 0. The van der Waals surface area contributed by atoms with Gasteiger partial charge in [0.15, 0.2) is 0 Å². The second-order valence-corrected chi connectivity index (χ2v) is 5.43. The third kappa shape index (κ3) is 3.25. The normalized spacial score (nSPS) is 12.5. The van der Waals surface area contributed by atoms with Gasteiger partial charge in [0.2, 0.25) is 0 Å². The van der Waals surface area contributed by atoms with Crippen molar-refractivity contribution in [1.29, 1.82) is 0 Å². The van der Waals surface area contributed by atoms with Crippen LogP contribution in [-0.2, 0) is 6.42 Å². The van der Waals surface area contributed by atoms with Gasteiger partial charge in [-0.25, -0.2) is 0 Å². The predicted molar refractivity (Wildman–Crippen MR) is 70.3 cm³/mol. The van der Waals surface area contributed by atoms with Gasteiger partial charge in [0.1, 0.15) is 0 Å². The quantitative estimate of drug-likeness (QED) is 0.695. The smallest absolute Gasteiger partial charge is 0.0273 e. The maximum absolute atomic E-state index is 3.53. The Morgan fingerprint density at radius 3 is 2.64 bits per heavy atom. The van der Waals surface area contributed by atoms with Gasteiger partial charge < -0.3 is 0 Å². The standard InChI is InChI=1S/C12H17BrS/c1-4-11-5-6-12(14-11)7-10(8-13)9(2)3/h5-7,9H,4,8H2,1-3H3. The average molecular weight is 273 g/mol. The lowest BCUT2D eigenvalue weighted by Gasteiger charge is -2.06. The van der Waals surface area contributed by atoms with E-state index >= 15 is 0 Å². The Hall–Kier alpha value is -0.0800. The highest BCUT2D eigenvalue weighted by Gasteiger charge is 2.02. The molecule has 2 heteroatoms. The molecule has 0 unspecified atom stereocenters. The van der Waals surface area contributed by atoms with Gasteiger partial charge >= 0.3 is 0 Å². The Labute approximate surface area is 99.2 Å². The number of rotatable bonds is 4. The van der Waals surface area contributed by atoms with E-state index in [0.717, 1.165) is 11.8 Å². The van der Waals surface area contributed by atoms with E-state index in [4.69, 9.17) is 0 Å². The van der Waals surface area contributed by atoms with E-state index in [1.54, 1.807) is 0 Å². The zero-order chi connectivity index (χ0) is 10.6. The van der Waals surface area contributed by atoms with Crippen LogP contribution in [0.3, 0.4) is 0 Å². The number of aryl methyl sites for hydroxylation is 1. The summed E-state index contributed by atoms with van der Waals surface area (Å²) in [6.45, 7) is 6.68. The largest absolute Gasteiger partial charge is 0.141 e. The molecule has 1 aromatic heterocycles. The van der Waals surface area contributed by atoms with Crippen LogP contribution in [0.2, 0.25) is 0 Å². The van der Waals surface area contributed by atoms with Gasteiger partial charge in [-0.3, -0.25) is 0 Å².